The second kappa shape index (κ2) is 6.79. The smallest absolute Gasteiger partial charge is 0.343 e. The Bertz CT molecular complexity index is 943. The number of benzene rings is 1. The van der Waals surface area contributed by atoms with Crippen LogP contribution in [-0.2, 0) is 17.6 Å². The Balaban J connectivity index is 1.94. The summed E-state index contributed by atoms with van der Waals surface area (Å²) in [6, 6.07) is 7.77. The Morgan fingerprint density at radius 2 is 2.04 bits per heavy atom. The van der Waals surface area contributed by atoms with Crippen molar-refractivity contribution in [1.29, 1.82) is 0 Å². The average molecular weight is 372 g/mol. The number of aryl methyl sites for hydroxylation is 1. The van der Waals surface area contributed by atoms with E-state index in [9.17, 15) is 14.0 Å². The molecule has 1 aliphatic rings. The van der Waals surface area contributed by atoms with E-state index in [0.29, 0.717) is 11.4 Å². The van der Waals surface area contributed by atoms with Crippen molar-refractivity contribution in [2.45, 2.75) is 24.0 Å². The lowest BCUT2D eigenvalue weighted by Gasteiger charge is -2.15. The summed E-state index contributed by atoms with van der Waals surface area (Å²) in [5, 5.41) is 10.0. The molecule has 4 rings (SSSR count). The van der Waals surface area contributed by atoms with Crippen LogP contribution in [0.25, 0.3) is 22.6 Å². The zero-order chi connectivity index (χ0) is 18.3. The summed E-state index contributed by atoms with van der Waals surface area (Å²) in [5.74, 6) is 0.539. The number of rotatable bonds is 4. The van der Waals surface area contributed by atoms with E-state index in [0.717, 1.165) is 29.9 Å². The molecule has 134 valence electrons. The molecule has 1 unspecified atom stereocenters. The van der Waals surface area contributed by atoms with E-state index in [1.807, 2.05) is 4.57 Å². The predicted octanol–water partition coefficient (Wildman–Crippen LogP) is 2.36. The standard InChI is InChI=1S/C18H17FN4O2S/c1-26(25)18-20-9-8-14(21-18)17-16(11-2-4-12(19)5-3-11)22-15-7-6-13(10-24)23(15)17/h2-5,8-9,13,24H,6-7,10H2,1H3/t13-,26?/m0/s1. The van der Waals surface area contributed by atoms with Gasteiger partial charge in [0.05, 0.1) is 29.7 Å². The second-order valence-electron chi connectivity index (χ2n) is 6.16. The summed E-state index contributed by atoms with van der Waals surface area (Å²) in [6.45, 7) is -0.00311. The van der Waals surface area contributed by atoms with Crippen LogP contribution >= 0.6 is 0 Å². The Morgan fingerprint density at radius 1 is 1.27 bits per heavy atom. The zero-order valence-electron chi connectivity index (χ0n) is 14.1. The molecule has 1 aromatic carbocycles. The minimum atomic E-state index is -1.31. The van der Waals surface area contributed by atoms with Gasteiger partial charge in [0.15, 0.2) is 0 Å². The first-order chi connectivity index (χ1) is 12.6. The van der Waals surface area contributed by atoms with Gasteiger partial charge in [-0.1, -0.05) is 0 Å². The Labute approximate surface area is 152 Å². The Morgan fingerprint density at radius 3 is 2.73 bits per heavy atom. The average Bonchev–Trinajstić information content (AvgIpc) is 3.21. The molecule has 2 aromatic heterocycles. The number of fused-ring (bicyclic) bond motifs is 1. The summed E-state index contributed by atoms with van der Waals surface area (Å²) in [7, 11) is 0. The molecule has 8 heteroatoms. The maximum Gasteiger partial charge on any atom is 0.343 e. The van der Waals surface area contributed by atoms with E-state index in [1.165, 1.54) is 18.4 Å². The highest BCUT2D eigenvalue weighted by Gasteiger charge is 2.30. The van der Waals surface area contributed by atoms with E-state index in [1.54, 1.807) is 24.4 Å². The van der Waals surface area contributed by atoms with Crippen molar-refractivity contribution in [1.82, 2.24) is 19.5 Å². The molecule has 6 nitrogen and oxygen atoms in total. The summed E-state index contributed by atoms with van der Waals surface area (Å²) in [5.41, 5.74) is 2.75. The number of hydrogen-bond donors (Lipinski definition) is 1. The minimum absolute atomic E-state index is 0.00311. The predicted molar refractivity (Wildman–Crippen MR) is 95.4 cm³/mol. The zero-order valence-corrected chi connectivity index (χ0v) is 14.9. The lowest BCUT2D eigenvalue weighted by atomic mass is 10.1. The highest BCUT2D eigenvalue weighted by atomic mass is 32.2. The summed E-state index contributed by atoms with van der Waals surface area (Å²) in [4.78, 5) is 13.2. The van der Waals surface area contributed by atoms with Crippen molar-refractivity contribution in [3.63, 3.8) is 0 Å². The Hall–Kier alpha value is -2.29. The highest BCUT2D eigenvalue weighted by Crippen LogP contribution is 2.38. The maximum absolute atomic E-state index is 13.3. The van der Waals surface area contributed by atoms with Gasteiger partial charge in [-0.05, 0) is 36.8 Å². The molecule has 0 aliphatic carbocycles. The van der Waals surface area contributed by atoms with Crippen molar-refractivity contribution in [3.05, 3.63) is 48.2 Å². The first-order valence-electron chi connectivity index (χ1n) is 8.23. The number of imidazole rings is 1. The van der Waals surface area contributed by atoms with Crippen molar-refractivity contribution in [3.8, 4) is 22.6 Å². The van der Waals surface area contributed by atoms with E-state index < -0.39 is 11.2 Å². The summed E-state index contributed by atoms with van der Waals surface area (Å²) < 4.78 is 27.1. The molecule has 1 aliphatic heterocycles. The van der Waals surface area contributed by atoms with Gasteiger partial charge in [0.1, 0.15) is 17.9 Å². The number of nitrogens with zero attached hydrogens (tertiary/aromatic N) is 4. The van der Waals surface area contributed by atoms with E-state index >= 15 is 0 Å². The fraction of sp³-hybridized carbons (Fsp3) is 0.278. The maximum atomic E-state index is 13.3. The number of halogens is 1. The van der Waals surface area contributed by atoms with E-state index in [-0.39, 0.29) is 23.6 Å². The van der Waals surface area contributed by atoms with Crippen LogP contribution in [0.3, 0.4) is 0 Å². The first-order valence-corrected chi connectivity index (χ1v) is 9.79. The summed E-state index contributed by atoms with van der Waals surface area (Å²) >= 11 is -1.31. The van der Waals surface area contributed by atoms with E-state index in [2.05, 4.69) is 9.97 Å². The van der Waals surface area contributed by atoms with Gasteiger partial charge >= 0.3 is 5.16 Å². The SMILES string of the molecule is C[S+]([O-])c1nccc(-c2c(-c3ccc(F)cc3)nc3n2[C@H](CO)CC3)n1. The highest BCUT2D eigenvalue weighted by molar-refractivity contribution is 7.90. The molecule has 26 heavy (non-hydrogen) atoms. The van der Waals surface area contributed by atoms with Crippen LogP contribution < -0.4 is 0 Å². The Kier molecular flexibility index (Phi) is 4.47. The van der Waals surface area contributed by atoms with Gasteiger partial charge in [-0.2, -0.15) is 9.97 Å². The van der Waals surface area contributed by atoms with Crippen molar-refractivity contribution in [2.24, 2.45) is 0 Å². The first kappa shape index (κ1) is 17.1. The molecule has 3 aromatic rings. The lowest BCUT2D eigenvalue weighted by molar-refractivity contribution is 0.234. The van der Waals surface area contributed by atoms with E-state index in [4.69, 9.17) is 4.98 Å². The van der Waals surface area contributed by atoms with Gasteiger partial charge in [-0.25, -0.2) is 9.37 Å². The molecule has 3 heterocycles. The molecule has 0 radical (unpaired) electrons. The minimum Gasteiger partial charge on any atom is -0.609 e. The topological polar surface area (TPSA) is 86.9 Å². The van der Waals surface area contributed by atoms with Gasteiger partial charge < -0.3 is 14.2 Å². The molecule has 0 amide bonds. The largest absolute Gasteiger partial charge is 0.609 e. The number of hydrogen-bond acceptors (Lipinski definition) is 5. The van der Waals surface area contributed by atoms with Crippen LogP contribution in [-0.4, -0.2) is 42.0 Å². The third-order valence-corrected chi connectivity index (χ3v) is 5.22. The molecule has 1 N–H and O–H groups in total. The quantitative estimate of drug-likeness (QED) is 0.561. The molecule has 0 saturated carbocycles. The van der Waals surface area contributed by atoms with Crippen molar-refractivity contribution < 1.29 is 14.0 Å². The fourth-order valence-electron chi connectivity index (χ4n) is 3.31. The second-order valence-corrected chi connectivity index (χ2v) is 7.43. The van der Waals surface area contributed by atoms with Crippen molar-refractivity contribution >= 4 is 11.2 Å². The van der Waals surface area contributed by atoms with Crippen LogP contribution in [0.1, 0.15) is 18.3 Å². The van der Waals surface area contributed by atoms with Crippen LogP contribution in [0.5, 0.6) is 0 Å². The monoisotopic (exact) mass is 372 g/mol. The van der Waals surface area contributed by atoms with Crippen LogP contribution in [0.4, 0.5) is 4.39 Å². The van der Waals surface area contributed by atoms with Gasteiger partial charge in [-0.15, -0.1) is 0 Å². The van der Waals surface area contributed by atoms with Gasteiger partial charge in [0.2, 0.25) is 0 Å². The van der Waals surface area contributed by atoms with Gasteiger partial charge in [0.25, 0.3) is 0 Å². The fourth-order valence-corrected chi connectivity index (χ4v) is 3.75. The van der Waals surface area contributed by atoms with Crippen LogP contribution in [0.2, 0.25) is 0 Å². The van der Waals surface area contributed by atoms with Crippen LogP contribution in [0.15, 0.2) is 41.7 Å². The van der Waals surface area contributed by atoms with Gasteiger partial charge in [0, 0.05) is 29.4 Å². The third-order valence-electron chi connectivity index (χ3n) is 4.51. The molecular weight excluding hydrogens is 355 g/mol. The number of aromatic nitrogens is 4. The molecule has 0 saturated heterocycles. The third kappa shape index (κ3) is 2.90. The molecule has 0 spiro atoms. The molecule has 2 atom stereocenters. The summed E-state index contributed by atoms with van der Waals surface area (Å²) in [6.07, 6.45) is 4.64. The van der Waals surface area contributed by atoms with Gasteiger partial charge in [-0.3, -0.25) is 0 Å². The van der Waals surface area contributed by atoms with Crippen LogP contribution in [0, 0.1) is 5.82 Å². The number of aliphatic hydroxyl groups excluding tert-OH is 1. The van der Waals surface area contributed by atoms with Crippen molar-refractivity contribution in [2.75, 3.05) is 12.9 Å². The molecule has 0 bridgehead atoms. The molecular formula is C18H17FN4O2S. The normalized spacial score (nSPS) is 17.3. The number of aliphatic hydroxyl groups is 1. The molecule has 0 fully saturated rings. The lowest BCUT2D eigenvalue weighted by Crippen LogP contribution is -2.11.